The van der Waals surface area contributed by atoms with E-state index in [-0.39, 0.29) is 12.3 Å². The van der Waals surface area contributed by atoms with Crippen LogP contribution in [0.5, 0.6) is 17.2 Å². The average molecular weight is 575 g/mol. The molecule has 3 heterocycles. The molecule has 2 aromatic carbocycles. The van der Waals surface area contributed by atoms with E-state index in [4.69, 9.17) is 24.9 Å². The lowest BCUT2D eigenvalue weighted by Gasteiger charge is -2.14. The molecule has 5 aromatic rings. The number of thiazole rings is 2. The summed E-state index contributed by atoms with van der Waals surface area (Å²) in [6.45, 7) is 0. The minimum absolute atomic E-state index is 0.117. The number of hydrogen-bond acceptors (Lipinski definition) is 11. The monoisotopic (exact) mass is 574 g/mol. The maximum Gasteiger partial charge on any atom is 0.228 e. The zero-order valence-electron chi connectivity index (χ0n) is 21.9. The zero-order chi connectivity index (χ0) is 28.1. The fraction of sp³-hybridized carbons (Fsp3) is 0.143. The van der Waals surface area contributed by atoms with Crippen LogP contribution in [0.4, 0.5) is 22.3 Å². The van der Waals surface area contributed by atoms with E-state index in [2.05, 4.69) is 20.6 Å². The Morgan fingerprint density at radius 3 is 2.48 bits per heavy atom. The largest absolute Gasteiger partial charge is 0.493 e. The van der Waals surface area contributed by atoms with E-state index in [1.807, 2.05) is 41.8 Å². The quantitative estimate of drug-likeness (QED) is 0.187. The normalized spacial score (nSPS) is 10.7. The molecule has 0 saturated heterocycles. The number of anilines is 4. The molecule has 204 valence electrons. The molecule has 0 fully saturated rings. The first-order valence-corrected chi connectivity index (χ1v) is 13.8. The van der Waals surface area contributed by atoms with Gasteiger partial charge in [0.15, 0.2) is 16.6 Å². The number of carbonyl (C=O) groups is 1. The minimum atomic E-state index is -0.117. The number of ether oxygens (including phenoxy) is 3. The molecule has 1 amide bonds. The third-order valence-electron chi connectivity index (χ3n) is 5.80. The molecule has 0 aliphatic carbocycles. The van der Waals surface area contributed by atoms with E-state index in [0.717, 1.165) is 26.7 Å². The van der Waals surface area contributed by atoms with Crippen LogP contribution in [-0.2, 0) is 11.2 Å². The van der Waals surface area contributed by atoms with Gasteiger partial charge >= 0.3 is 0 Å². The van der Waals surface area contributed by atoms with Crippen molar-refractivity contribution in [2.24, 2.45) is 0 Å². The first-order chi connectivity index (χ1) is 19.5. The molecule has 10 nitrogen and oxygen atoms in total. The molecule has 3 aromatic heterocycles. The van der Waals surface area contributed by atoms with Crippen LogP contribution in [0.3, 0.4) is 0 Å². The topological polar surface area (TPSA) is 134 Å². The zero-order valence-corrected chi connectivity index (χ0v) is 23.6. The molecule has 0 spiro atoms. The number of hydrogen-bond donors (Lipinski definition) is 3. The standard InChI is InChI=1S/C28H26N6O4S2/c1-36-21-12-19(13-22(37-2)24(21)38-3)32-28-34-26(29)25(40-28)27-33-20(15-39-27)17-7-4-8-18(11-17)31-23(35)10-16-6-5-9-30-14-16/h4-9,11-15H,10,29H2,1-3H3,(H,31,35)(H,32,34). The Labute approximate surface area is 238 Å². The van der Waals surface area contributed by atoms with Gasteiger partial charge in [-0.15, -0.1) is 11.3 Å². The molecule has 0 radical (unpaired) electrons. The molecule has 0 bridgehead atoms. The van der Waals surface area contributed by atoms with Crippen LogP contribution in [0, 0.1) is 0 Å². The molecule has 0 saturated carbocycles. The number of nitrogens with two attached hydrogens (primary N) is 1. The summed E-state index contributed by atoms with van der Waals surface area (Å²) in [6, 6.07) is 14.8. The summed E-state index contributed by atoms with van der Waals surface area (Å²) >= 11 is 2.86. The molecule has 12 heteroatoms. The summed E-state index contributed by atoms with van der Waals surface area (Å²) < 4.78 is 16.3. The molecule has 5 rings (SSSR count). The van der Waals surface area contributed by atoms with Gasteiger partial charge in [0.25, 0.3) is 0 Å². The van der Waals surface area contributed by atoms with Crippen molar-refractivity contribution < 1.29 is 19.0 Å². The van der Waals surface area contributed by atoms with E-state index in [9.17, 15) is 4.79 Å². The molecular formula is C28H26N6O4S2. The smallest absolute Gasteiger partial charge is 0.228 e. The Kier molecular flexibility index (Phi) is 8.08. The third-order valence-corrected chi connectivity index (χ3v) is 7.78. The Morgan fingerprint density at radius 1 is 0.975 bits per heavy atom. The van der Waals surface area contributed by atoms with Crippen LogP contribution in [0.15, 0.2) is 66.3 Å². The molecule has 4 N–H and O–H groups in total. The molecule has 0 atom stereocenters. The molecular weight excluding hydrogens is 548 g/mol. The minimum Gasteiger partial charge on any atom is -0.493 e. The molecule has 40 heavy (non-hydrogen) atoms. The number of benzene rings is 2. The summed E-state index contributed by atoms with van der Waals surface area (Å²) in [4.78, 5) is 26.6. The van der Waals surface area contributed by atoms with Crippen molar-refractivity contribution >= 4 is 50.9 Å². The van der Waals surface area contributed by atoms with Crippen LogP contribution in [0.2, 0.25) is 0 Å². The van der Waals surface area contributed by atoms with Gasteiger partial charge in [0, 0.05) is 46.8 Å². The average Bonchev–Trinajstić information content (AvgIpc) is 3.59. The second-order valence-electron chi connectivity index (χ2n) is 8.48. The highest BCUT2D eigenvalue weighted by molar-refractivity contribution is 7.23. The summed E-state index contributed by atoms with van der Waals surface area (Å²) in [5.74, 6) is 1.80. The number of aromatic nitrogens is 3. The van der Waals surface area contributed by atoms with E-state index in [1.165, 1.54) is 22.7 Å². The maximum atomic E-state index is 12.5. The lowest BCUT2D eigenvalue weighted by Crippen LogP contribution is -2.14. The van der Waals surface area contributed by atoms with Crippen molar-refractivity contribution in [3.8, 4) is 38.4 Å². The first-order valence-electron chi connectivity index (χ1n) is 12.1. The van der Waals surface area contributed by atoms with Gasteiger partial charge in [-0.1, -0.05) is 29.5 Å². The number of nitrogen functional groups attached to an aromatic ring is 1. The van der Waals surface area contributed by atoms with Gasteiger partial charge < -0.3 is 30.6 Å². The summed E-state index contributed by atoms with van der Waals surface area (Å²) in [7, 11) is 4.68. The van der Waals surface area contributed by atoms with E-state index in [1.54, 1.807) is 45.9 Å². The SMILES string of the molecule is COc1cc(Nc2nc(N)c(-c3nc(-c4cccc(NC(=O)Cc5cccnc5)c4)cs3)s2)cc(OC)c1OC. The summed E-state index contributed by atoms with van der Waals surface area (Å²) in [6.07, 6.45) is 3.61. The number of amides is 1. The lowest BCUT2D eigenvalue weighted by atomic mass is 10.1. The number of nitrogens with one attached hydrogen (secondary N) is 2. The van der Waals surface area contributed by atoms with Crippen LogP contribution in [0.1, 0.15) is 5.56 Å². The number of carbonyl (C=O) groups excluding carboxylic acids is 1. The Morgan fingerprint density at radius 2 is 1.77 bits per heavy atom. The Balaban J connectivity index is 1.32. The number of nitrogens with zero attached hydrogens (tertiary/aromatic N) is 3. The lowest BCUT2D eigenvalue weighted by molar-refractivity contribution is -0.115. The summed E-state index contributed by atoms with van der Waals surface area (Å²) in [5, 5.41) is 9.50. The van der Waals surface area contributed by atoms with E-state index in [0.29, 0.717) is 39.6 Å². The van der Waals surface area contributed by atoms with E-state index < -0.39 is 0 Å². The van der Waals surface area contributed by atoms with Crippen molar-refractivity contribution in [3.05, 3.63) is 71.9 Å². The van der Waals surface area contributed by atoms with E-state index >= 15 is 0 Å². The first kappa shape index (κ1) is 26.9. The summed E-state index contributed by atoms with van der Waals surface area (Å²) in [5.41, 5.74) is 10.2. The van der Waals surface area contributed by atoms with Crippen molar-refractivity contribution in [1.29, 1.82) is 0 Å². The van der Waals surface area contributed by atoms with Gasteiger partial charge in [-0.25, -0.2) is 9.97 Å². The van der Waals surface area contributed by atoms with Crippen molar-refractivity contribution in [2.45, 2.75) is 6.42 Å². The predicted octanol–water partition coefficient (Wildman–Crippen LogP) is 5.86. The second kappa shape index (κ2) is 12.0. The van der Waals surface area contributed by atoms with Crippen molar-refractivity contribution in [3.63, 3.8) is 0 Å². The molecule has 0 aliphatic heterocycles. The highest BCUT2D eigenvalue weighted by atomic mass is 32.1. The van der Waals surface area contributed by atoms with Crippen LogP contribution >= 0.6 is 22.7 Å². The number of pyridine rings is 1. The Hall–Kier alpha value is -4.68. The molecule has 0 aliphatic rings. The van der Waals surface area contributed by atoms with Gasteiger partial charge in [0.2, 0.25) is 11.7 Å². The highest BCUT2D eigenvalue weighted by Crippen LogP contribution is 2.43. The van der Waals surface area contributed by atoms with Gasteiger partial charge in [-0.2, -0.15) is 0 Å². The second-order valence-corrected chi connectivity index (χ2v) is 10.3. The third kappa shape index (κ3) is 5.98. The van der Waals surface area contributed by atoms with Gasteiger partial charge in [0.05, 0.1) is 33.4 Å². The Bertz CT molecular complexity index is 1610. The van der Waals surface area contributed by atoms with Crippen LogP contribution in [-0.4, -0.2) is 42.2 Å². The number of methoxy groups -OCH3 is 3. The highest BCUT2D eigenvalue weighted by Gasteiger charge is 2.18. The van der Waals surface area contributed by atoms with Crippen LogP contribution < -0.4 is 30.6 Å². The number of rotatable bonds is 10. The maximum absolute atomic E-state index is 12.5. The van der Waals surface area contributed by atoms with Gasteiger partial charge in [-0.05, 0) is 23.8 Å². The van der Waals surface area contributed by atoms with Crippen LogP contribution in [0.25, 0.3) is 21.1 Å². The molecule has 0 unspecified atom stereocenters. The fourth-order valence-corrected chi connectivity index (χ4v) is 5.81. The van der Waals surface area contributed by atoms with Gasteiger partial charge in [-0.3, -0.25) is 9.78 Å². The fourth-order valence-electron chi connectivity index (χ4n) is 3.98. The van der Waals surface area contributed by atoms with Crippen molar-refractivity contribution in [1.82, 2.24) is 15.0 Å². The van der Waals surface area contributed by atoms with Gasteiger partial charge in [0.1, 0.15) is 15.7 Å². The predicted molar refractivity (Wildman–Crippen MR) is 159 cm³/mol. The van der Waals surface area contributed by atoms with Crippen molar-refractivity contribution in [2.75, 3.05) is 37.7 Å².